The minimum Gasteiger partial charge on any atom is -0.507 e. The number of carbonyl (C=O) groups is 2. The number of aromatic nitrogens is 1. The Hall–Kier alpha value is -4.20. The number of carbonyl (C=O) groups excluding carboxylic acids is 2. The summed E-state index contributed by atoms with van der Waals surface area (Å²) in [6.07, 6.45) is 5.10. The summed E-state index contributed by atoms with van der Waals surface area (Å²) < 4.78 is 25.2. The summed E-state index contributed by atoms with van der Waals surface area (Å²) in [6, 6.07) is 13.0. The minimum absolute atomic E-state index is 0.0809. The number of Topliss-reactive ketones (excluding diaryl/α,β-unsaturated/α-hetero) is 1. The molecule has 1 fully saturated rings. The van der Waals surface area contributed by atoms with Crippen molar-refractivity contribution in [3.63, 3.8) is 0 Å². The Bertz CT molecular complexity index is 1290. The molecule has 1 aromatic heterocycles. The molecular formula is C29H29FN2O5. The number of amides is 1. The van der Waals surface area contributed by atoms with E-state index in [-0.39, 0.29) is 23.4 Å². The molecule has 4 rings (SSSR count). The molecule has 1 amide bonds. The van der Waals surface area contributed by atoms with Gasteiger partial charge in [-0.15, -0.1) is 0 Å². The van der Waals surface area contributed by atoms with E-state index in [9.17, 15) is 19.1 Å². The van der Waals surface area contributed by atoms with Gasteiger partial charge in [0, 0.05) is 24.5 Å². The van der Waals surface area contributed by atoms with Crippen LogP contribution in [0, 0.1) is 5.82 Å². The summed E-state index contributed by atoms with van der Waals surface area (Å²) in [5.41, 5.74) is 1.44. The molecule has 1 aliphatic heterocycles. The van der Waals surface area contributed by atoms with Crippen LogP contribution in [0.25, 0.3) is 5.76 Å². The zero-order valence-electron chi connectivity index (χ0n) is 20.8. The van der Waals surface area contributed by atoms with Crippen LogP contribution in [0.3, 0.4) is 0 Å². The fourth-order valence-corrected chi connectivity index (χ4v) is 4.25. The van der Waals surface area contributed by atoms with Gasteiger partial charge in [-0.1, -0.05) is 25.5 Å². The van der Waals surface area contributed by atoms with E-state index >= 15 is 0 Å². The van der Waals surface area contributed by atoms with Gasteiger partial charge >= 0.3 is 0 Å². The third kappa shape index (κ3) is 5.63. The molecule has 0 spiro atoms. The van der Waals surface area contributed by atoms with Gasteiger partial charge in [0.1, 0.15) is 11.6 Å². The van der Waals surface area contributed by atoms with Gasteiger partial charge in [0.2, 0.25) is 0 Å². The molecule has 1 N–H and O–H groups in total. The van der Waals surface area contributed by atoms with Gasteiger partial charge in [-0.25, -0.2) is 4.39 Å². The molecule has 7 nitrogen and oxygen atoms in total. The molecule has 1 atom stereocenters. The summed E-state index contributed by atoms with van der Waals surface area (Å²) in [5.74, 6) is -1.40. The summed E-state index contributed by atoms with van der Waals surface area (Å²) >= 11 is 0. The lowest BCUT2D eigenvalue weighted by Crippen LogP contribution is -2.29. The molecule has 0 radical (unpaired) electrons. The van der Waals surface area contributed by atoms with Crippen molar-refractivity contribution in [2.24, 2.45) is 0 Å². The minimum atomic E-state index is -0.908. The third-order valence-electron chi connectivity index (χ3n) is 6.07. The van der Waals surface area contributed by atoms with E-state index in [1.54, 1.807) is 42.7 Å². The number of rotatable bonds is 10. The van der Waals surface area contributed by atoms with Crippen LogP contribution in [-0.2, 0) is 16.1 Å². The van der Waals surface area contributed by atoms with Crippen molar-refractivity contribution in [1.29, 1.82) is 0 Å². The van der Waals surface area contributed by atoms with Crippen molar-refractivity contribution in [3.05, 3.63) is 95.1 Å². The number of hydrogen-bond donors (Lipinski definition) is 1. The highest BCUT2D eigenvalue weighted by atomic mass is 19.1. The summed E-state index contributed by atoms with van der Waals surface area (Å²) in [6.45, 7) is 4.94. The van der Waals surface area contributed by atoms with Crippen LogP contribution >= 0.6 is 0 Å². The zero-order valence-corrected chi connectivity index (χ0v) is 20.8. The molecule has 8 heteroatoms. The lowest BCUT2D eigenvalue weighted by atomic mass is 9.95. The summed E-state index contributed by atoms with van der Waals surface area (Å²) in [7, 11) is 0. The fourth-order valence-electron chi connectivity index (χ4n) is 4.25. The maximum atomic E-state index is 13.5. The SMILES string of the molecule is CCCCOc1ccc(C2C(=C(O)c3ccc(F)cc3)C(=O)C(=O)N2Cc2cccnc2)cc1OCC. The Morgan fingerprint density at radius 1 is 1.05 bits per heavy atom. The molecule has 192 valence electrons. The van der Waals surface area contributed by atoms with Crippen LogP contribution in [0.5, 0.6) is 11.5 Å². The standard InChI is InChI=1S/C29H29FN2O5/c1-3-5-15-37-23-13-10-21(16-24(23)36-4-2)26-25(27(33)20-8-11-22(30)12-9-20)28(34)29(35)32(26)18-19-7-6-14-31-17-19/h6-14,16-17,26,33H,3-5,15,18H2,1-2H3. The number of aliphatic hydroxyl groups excluding tert-OH is 1. The average Bonchev–Trinajstić information content (AvgIpc) is 3.15. The first-order chi connectivity index (χ1) is 17.9. The van der Waals surface area contributed by atoms with E-state index < -0.39 is 23.5 Å². The largest absolute Gasteiger partial charge is 0.507 e. The molecule has 0 saturated carbocycles. The number of pyridine rings is 1. The van der Waals surface area contributed by atoms with Crippen LogP contribution in [0.1, 0.15) is 49.4 Å². The number of unbranched alkanes of at least 4 members (excludes halogenated alkanes) is 1. The van der Waals surface area contributed by atoms with Crippen LogP contribution in [0.4, 0.5) is 4.39 Å². The Balaban J connectivity index is 1.83. The smallest absolute Gasteiger partial charge is 0.295 e. The van der Waals surface area contributed by atoms with Gasteiger partial charge in [0.25, 0.3) is 11.7 Å². The first-order valence-corrected chi connectivity index (χ1v) is 12.3. The molecule has 0 bridgehead atoms. The van der Waals surface area contributed by atoms with Crippen LogP contribution < -0.4 is 9.47 Å². The highest BCUT2D eigenvalue weighted by Gasteiger charge is 2.46. The zero-order chi connectivity index (χ0) is 26.4. The second-order valence-electron chi connectivity index (χ2n) is 8.64. The Morgan fingerprint density at radius 2 is 1.84 bits per heavy atom. The molecule has 2 aromatic carbocycles. The van der Waals surface area contributed by atoms with Gasteiger partial charge in [-0.05, 0) is 66.9 Å². The van der Waals surface area contributed by atoms with E-state index in [1.165, 1.54) is 29.2 Å². The monoisotopic (exact) mass is 504 g/mol. The second kappa shape index (κ2) is 11.7. The predicted octanol–water partition coefficient (Wildman–Crippen LogP) is 5.42. The van der Waals surface area contributed by atoms with Gasteiger partial charge in [-0.3, -0.25) is 14.6 Å². The van der Waals surface area contributed by atoms with Crippen LogP contribution in [-0.4, -0.2) is 39.9 Å². The number of nitrogens with zero attached hydrogens (tertiary/aromatic N) is 2. The van der Waals surface area contributed by atoms with Crippen molar-refractivity contribution < 1.29 is 28.6 Å². The quantitative estimate of drug-likeness (QED) is 0.172. The van der Waals surface area contributed by atoms with Crippen LogP contribution in [0.15, 0.2) is 72.6 Å². The number of hydrogen-bond acceptors (Lipinski definition) is 6. The summed E-state index contributed by atoms with van der Waals surface area (Å²) in [4.78, 5) is 32.0. The highest BCUT2D eigenvalue weighted by Crippen LogP contribution is 2.42. The van der Waals surface area contributed by atoms with Crippen LogP contribution in [0.2, 0.25) is 0 Å². The van der Waals surface area contributed by atoms with Gasteiger partial charge in [0.05, 0.1) is 24.8 Å². The van der Waals surface area contributed by atoms with Gasteiger partial charge in [-0.2, -0.15) is 0 Å². The molecule has 1 saturated heterocycles. The molecular weight excluding hydrogens is 475 g/mol. The molecule has 3 aromatic rings. The van der Waals surface area contributed by atoms with Crippen molar-refractivity contribution in [2.45, 2.75) is 39.3 Å². The van der Waals surface area contributed by atoms with E-state index in [2.05, 4.69) is 11.9 Å². The number of likely N-dealkylation sites (tertiary alicyclic amines) is 1. The average molecular weight is 505 g/mol. The Morgan fingerprint density at radius 3 is 2.51 bits per heavy atom. The van der Waals surface area contributed by atoms with E-state index in [4.69, 9.17) is 9.47 Å². The third-order valence-corrected chi connectivity index (χ3v) is 6.07. The Kier molecular flexibility index (Phi) is 8.18. The molecule has 37 heavy (non-hydrogen) atoms. The number of benzene rings is 2. The highest BCUT2D eigenvalue weighted by molar-refractivity contribution is 6.46. The molecule has 1 unspecified atom stereocenters. The van der Waals surface area contributed by atoms with E-state index in [0.29, 0.717) is 30.3 Å². The number of aliphatic hydroxyl groups is 1. The van der Waals surface area contributed by atoms with E-state index in [1.807, 2.05) is 6.92 Å². The summed E-state index contributed by atoms with van der Waals surface area (Å²) in [5, 5.41) is 11.2. The first-order valence-electron chi connectivity index (χ1n) is 12.3. The van der Waals surface area contributed by atoms with Gasteiger partial charge < -0.3 is 19.5 Å². The Labute approximate surface area is 215 Å². The lowest BCUT2D eigenvalue weighted by molar-refractivity contribution is -0.140. The van der Waals surface area contributed by atoms with Crippen molar-refractivity contribution >= 4 is 17.4 Å². The predicted molar refractivity (Wildman–Crippen MR) is 136 cm³/mol. The number of ketones is 1. The fraction of sp³-hybridized carbons (Fsp3) is 0.276. The number of ether oxygens (including phenoxy) is 2. The first kappa shape index (κ1) is 25.9. The molecule has 1 aliphatic rings. The van der Waals surface area contributed by atoms with Gasteiger partial charge in [0.15, 0.2) is 11.5 Å². The van der Waals surface area contributed by atoms with Crippen molar-refractivity contribution in [1.82, 2.24) is 9.88 Å². The molecule has 0 aliphatic carbocycles. The number of halogens is 1. The normalized spacial score (nSPS) is 16.7. The second-order valence-corrected chi connectivity index (χ2v) is 8.64. The maximum absolute atomic E-state index is 13.5. The topological polar surface area (TPSA) is 89.0 Å². The van der Waals surface area contributed by atoms with Crippen molar-refractivity contribution in [2.75, 3.05) is 13.2 Å². The molecule has 2 heterocycles. The lowest BCUT2D eigenvalue weighted by Gasteiger charge is -2.26. The van der Waals surface area contributed by atoms with Crippen molar-refractivity contribution in [3.8, 4) is 11.5 Å². The maximum Gasteiger partial charge on any atom is 0.295 e. The van der Waals surface area contributed by atoms with E-state index in [0.717, 1.165) is 18.4 Å².